The maximum atomic E-state index is 13.7. The number of benzene rings is 1. The van der Waals surface area contributed by atoms with Crippen molar-refractivity contribution in [1.29, 1.82) is 0 Å². The lowest BCUT2D eigenvalue weighted by atomic mass is 10.2. The molecule has 1 fully saturated rings. The minimum Gasteiger partial charge on any atom is -0.421 e. The molecule has 2 aromatic heterocycles. The Morgan fingerprint density at radius 1 is 1.29 bits per heavy atom. The van der Waals surface area contributed by atoms with Gasteiger partial charge in [-0.2, -0.15) is 10.1 Å². The monoisotopic (exact) mass is 409 g/mol. The number of ether oxygens (including phenoxy) is 1. The van der Waals surface area contributed by atoms with Crippen LogP contribution in [0.5, 0.6) is 11.8 Å². The third-order valence-electron chi connectivity index (χ3n) is 4.72. The van der Waals surface area contributed by atoms with Crippen LogP contribution in [0, 0.1) is 11.6 Å². The number of hydrogen-bond acceptors (Lipinski definition) is 7. The standard InChI is InChI=1S/C17H17F2N5O3S/c1-28(25,26)14-4-2-3-12(14)21-15-10-8-20-17(22-16(10)24-23-15)27-13-6-5-9(18)7-11(13)19/h5-8,12,14H,2-4H2,1H3,(H2,20,21,22,23,24)/t12-,14+/m1/s1. The molecule has 2 N–H and O–H groups in total. The number of fused-ring (bicyclic) bond motifs is 1. The molecule has 0 bridgehead atoms. The maximum Gasteiger partial charge on any atom is 0.324 e. The summed E-state index contributed by atoms with van der Waals surface area (Å²) in [5, 5.41) is 10.1. The van der Waals surface area contributed by atoms with Crippen molar-refractivity contribution in [3.05, 3.63) is 36.0 Å². The fourth-order valence-electron chi connectivity index (χ4n) is 3.39. The third-order valence-corrected chi connectivity index (χ3v) is 6.38. The first-order valence-corrected chi connectivity index (χ1v) is 10.6. The Bertz CT molecular complexity index is 1140. The number of aromatic amines is 1. The van der Waals surface area contributed by atoms with E-state index in [-0.39, 0.29) is 17.8 Å². The van der Waals surface area contributed by atoms with Crippen LogP contribution >= 0.6 is 0 Å². The first-order valence-electron chi connectivity index (χ1n) is 8.60. The highest BCUT2D eigenvalue weighted by Crippen LogP contribution is 2.30. The molecule has 1 aliphatic rings. The number of rotatable bonds is 5. The van der Waals surface area contributed by atoms with Crippen LogP contribution in [-0.4, -0.2) is 46.1 Å². The molecule has 4 rings (SSSR count). The minimum absolute atomic E-state index is 0.136. The molecule has 1 aliphatic carbocycles. The molecule has 2 atom stereocenters. The van der Waals surface area contributed by atoms with Gasteiger partial charge in [-0.1, -0.05) is 0 Å². The van der Waals surface area contributed by atoms with E-state index >= 15 is 0 Å². The molecule has 148 valence electrons. The second-order valence-corrected chi connectivity index (χ2v) is 8.98. The van der Waals surface area contributed by atoms with E-state index in [0.29, 0.717) is 29.3 Å². The highest BCUT2D eigenvalue weighted by atomic mass is 32.2. The lowest BCUT2D eigenvalue weighted by Gasteiger charge is -2.19. The Balaban J connectivity index is 1.56. The van der Waals surface area contributed by atoms with E-state index in [9.17, 15) is 17.2 Å². The lowest BCUT2D eigenvalue weighted by Crippen LogP contribution is -2.34. The van der Waals surface area contributed by atoms with Gasteiger partial charge in [-0.05, 0) is 31.4 Å². The molecule has 0 amide bonds. The first-order chi connectivity index (χ1) is 13.3. The molecular formula is C17H17F2N5O3S. The summed E-state index contributed by atoms with van der Waals surface area (Å²) < 4.78 is 55.8. The largest absolute Gasteiger partial charge is 0.421 e. The molecule has 28 heavy (non-hydrogen) atoms. The summed E-state index contributed by atoms with van der Waals surface area (Å²) in [4.78, 5) is 8.16. The van der Waals surface area contributed by atoms with E-state index in [0.717, 1.165) is 25.0 Å². The van der Waals surface area contributed by atoms with Gasteiger partial charge in [-0.3, -0.25) is 5.10 Å². The zero-order chi connectivity index (χ0) is 19.9. The molecule has 3 aromatic rings. The number of H-pyrrole nitrogens is 1. The molecule has 2 heterocycles. The quantitative estimate of drug-likeness (QED) is 0.667. The highest BCUT2D eigenvalue weighted by Gasteiger charge is 2.35. The summed E-state index contributed by atoms with van der Waals surface area (Å²) in [6.07, 6.45) is 4.82. The molecule has 0 unspecified atom stereocenters. The Morgan fingerprint density at radius 2 is 2.11 bits per heavy atom. The molecule has 1 aromatic carbocycles. The molecule has 0 saturated heterocycles. The fraction of sp³-hybridized carbons (Fsp3) is 0.353. The van der Waals surface area contributed by atoms with Gasteiger partial charge in [0, 0.05) is 24.6 Å². The first kappa shape index (κ1) is 18.5. The Labute approximate surface area is 159 Å². The molecule has 0 spiro atoms. The maximum absolute atomic E-state index is 13.7. The summed E-state index contributed by atoms with van der Waals surface area (Å²) in [7, 11) is -3.17. The van der Waals surface area contributed by atoms with E-state index in [4.69, 9.17) is 4.74 Å². The van der Waals surface area contributed by atoms with Gasteiger partial charge in [0.05, 0.1) is 10.6 Å². The van der Waals surface area contributed by atoms with Crippen molar-refractivity contribution in [2.24, 2.45) is 0 Å². The SMILES string of the molecule is CS(=O)(=O)[C@H]1CCC[C@H]1Nc1n[nH]c2nc(Oc3ccc(F)cc3F)ncc12. The van der Waals surface area contributed by atoms with Crippen LogP contribution in [0.1, 0.15) is 19.3 Å². The van der Waals surface area contributed by atoms with Crippen LogP contribution < -0.4 is 10.1 Å². The van der Waals surface area contributed by atoms with E-state index in [2.05, 4.69) is 25.5 Å². The van der Waals surface area contributed by atoms with Gasteiger partial charge >= 0.3 is 6.01 Å². The number of hydrogen-bond donors (Lipinski definition) is 2. The van der Waals surface area contributed by atoms with Gasteiger partial charge in [-0.15, -0.1) is 0 Å². The Kier molecular flexibility index (Phi) is 4.61. The molecule has 0 aliphatic heterocycles. The number of nitrogens with zero attached hydrogens (tertiary/aromatic N) is 3. The van der Waals surface area contributed by atoms with Crippen molar-refractivity contribution >= 4 is 26.7 Å². The van der Waals surface area contributed by atoms with Gasteiger partial charge in [0.2, 0.25) is 0 Å². The summed E-state index contributed by atoms with van der Waals surface area (Å²) in [5.74, 6) is -1.36. The minimum atomic E-state index is -3.17. The zero-order valence-electron chi connectivity index (χ0n) is 14.8. The van der Waals surface area contributed by atoms with Gasteiger partial charge in [0.25, 0.3) is 0 Å². The number of sulfone groups is 1. The number of aromatic nitrogens is 4. The summed E-state index contributed by atoms with van der Waals surface area (Å²) in [6, 6.07) is 2.53. The highest BCUT2D eigenvalue weighted by molar-refractivity contribution is 7.91. The number of anilines is 1. The van der Waals surface area contributed by atoms with E-state index in [1.165, 1.54) is 12.5 Å². The van der Waals surface area contributed by atoms with Gasteiger partial charge in [-0.25, -0.2) is 22.2 Å². The van der Waals surface area contributed by atoms with E-state index in [1.54, 1.807) is 0 Å². The van der Waals surface area contributed by atoms with Crippen LogP contribution in [0.3, 0.4) is 0 Å². The summed E-state index contributed by atoms with van der Waals surface area (Å²) in [5.41, 5.74) is 0.337. The molecular weight excluding hydrogens is 392 g/mol. The van der Waals surface area contributed by atoms with Crippen LogP contribution in [-0.2, 0) is 9.84 Å². The summed E-state index contributed by atoms with van der Waals surface area (Å²) in [6.45, 7) is 0. The van der Waals surface area contributed by atoms with Crippen LogP contribution in [0.25, 0.3) is 11.0 Å². The van der Waals surface area contributed by atoms with Crippen molar-refractivity contribution in [2.45, 2.75) is 30.6 Å². The van der Waals surface area contributed by atoms with Crippen molar-refractivity contribution in [3.8, 4) is 11.8 Å². The zero-order valence-corrected chi connectivity index (χ0v) is 15.6. The topological polar surface area (TPSA) is 110 Å². The van der Waals surface area contributed by atoms with E-state index in [1.807, 2.05) is 0 Å². The second kappa shape index (κ2) is 6.97. The lowest BCUT2D eigenvalue weighted by molar-refractivity contribution is 0.409. The smallest absolute Gasteiger partial charge is 0.324 e. The van der Waals surface area contributed by atoms with Gasteiger partial charge < -0.3 is 10.1 Å². The van der Waals surface area contributed by atoms with Crippen molar-refractivity contribution in [3.63, 3.8) is 0 Å². The third kappa shape index (κ3) is 3.61. The van der Waals surface area contributed by atoms with Crippen molar-refractivity contribution in [2.75, 3.05) is 11.6 Å². The van der Waals surface area contributed by atoms with Crippen molar-refractivity contribution < 1.29 is 21.9 Å². The van der Waals surface area contributed by atoms with Crippen LogP contribution in [0.4, 0.5) is 14.6 Å². The molecule has 0 radical (unpaired) electrons. The molecule has 8 nitrogen and oxygen atoms in total. The second-order valence-electron chi connectivity index (χ2n) is 6.71. The van der Waals surface area contributed by atoms with Crippen molar-refractivity contribution in [1.82, 2.24) is 20.2 Å². The number of halogens is 2. The van der Waals surface area contributed by atoms with Crippen LogP contribution in [0.2, 0.25) is 0 Å². The fourth-order valence-corrected chi connectivity index (χ4v) is 4.78. The van der Waals surface area contributed by atoms with Gasteiger partial charge in [0.15, 0.2) is 32.9 Å². The van der Waals surface area contributed by atoms with Crippen LogP contribution in [0.15, 0.2) is 24.4 Å². The average molecular weight is 409 g/mol. The summed E-state index contributed by atoms with van der Waals surface area (Å²) >= 11 is 0. The predicted octanol–water partition coefficient (Wildman–Crippen LogP) is 2.80. The average Bonchev–Trinajstić information content (AvgIpc) is 3.25. The van der Waals surface area contributed by atoms with E-state index < -0.39 is 26.7 Å². The Hall–Kier alpha value is -2.82. The molecule has 1 saturated carbocycles. The number of nitrogens with one attached hydrogen (secondary N) is 2. The van der Waals surface area contributed by atoms with Gasteiger partial charge in [0.1, 0.15) is 5.82 Å². The predicted molar refractivity (Wildman–Crippen MR) is 98.0 cm³/mol. The Morgan fingerprint density at radius 3 is 2.86 bits per heavy atom. The normalized spacial score (nSPS) is 19.8. The molecule has 11 heteroatoms.